The Kier molecular flexibility index (Phi) is 3.88. The number of hydrogen-bond donors (Lipinski definition) is 1. The Morgan fingerprint density at radius 3 is 2.90 bits per heavy atom. The number of nitrogens with zero attached hydrogens (tertiary/aromatic N) is 1. The zero-order valence-electron chi connectivity index (χ0n) is 11.9. The van der Waals surface area contributed by atoms with Crippen LogP contribution in [0.1, 0.15) is 21.5 Å². The second-order valence-corrected chi connectivity index (χ2v) is 5.70. The van der Waals surface area contributed by atoms with Gasteiger partial charge in [-0.1, -0.05) is 24.3 Å². The Bertz CT molecular complexity index is 684. The van der Waals surface area contributed by atoms with Gasteiger partial charge in [-0.05, 0) is 30.7 Å². The van der Waals surface area contributed by atoms with E-state index in [1.54, 1.807) is 0 Å². The topological polar surface area (TPSA) is 29.5 Å². The van der Waals surface area contributed by atoms with Crippen molar-refractivity contribution in [2.24, 2.45) is 0 Å². The molecular formula is C17H17NO2S. The number of aryl methyl sites for hydroxylation is 1. The summed E-state index contributed by atoms with van der Waals surface area (Å²) in [6.07, 6.45) is 0. The first-order valence-electron chi connectivity index (χ1n) is 6.95. The van der Waals surface area contributed by atoms with Gasteiger partial charge in [-0.2, -0.15) is 0 Å². The Hall–Kier alpha value is -1.94. The number of amides is 1. The van der Waals surface area contributed by atoms with E-state index in [0.29, 0.717) is 25.3 Å². The van der Waals surface area contributed by atoms with E-state index in [1.807, 2.05) is 54.3 Å². The van der Waals surface area contributed by atoms with Gasteiger partial charge in [-0.3, -0.25) is 4.79 Å². The van der Waals surface area contributed by atoms with Crippen molar-refractivity contribution in [2.45, 2.75) is 18.4 Å². The van der Waals surface area contributed by atoms with Crippen molar-refractivity contribution < 1.29 is 9.53 Å². The summed E-state index contributed by atoms with van der Waals surface area (Å²) in [7, 11) is 0. The highest BCUT2D eigenvalue weighted by atomic mass is 32.1. The first-order valence-corrected chi connectivity index (χ1v) is 7.39. The van der Waals surface area contributed by atoms with Gasteiger partial charge < -0.3 is 9.64 Å². The van der Waals surface area contributed by atoms with Crippen molar-refractivity contribution in [1.82, 2.24) is 4.90 Å². The zero-order valence-corrected chi connectivity index (χ0v) is 12.8. The zero-order chi connectivity index (χ0) is 14.8. The van der Waals surface area contributed by atoms with E-state index in [9.17, 15) is 4.79 Å². The second kappa shape index (κ2) is 5.82. The van der Waals surface area contributed by atoms with Crippen LogP contribution in [0.15, 0.2) is 47.4 Å². The predicted molar refractivity (Wildman–Crippen MR) is 85.1 cm³/mol. The molecule has 2 aromatic carbocycles. The molecule has 3 nitrogen and oxygen atoms in total. The van der Waals surface area contributed by atoms with Crippen molar-refractivity contribution >= 4 is 18.5 Å². The predicted octanol–water partition coefficient (Wildman–Crippen LogP) is 3.32. The summed E-state index contributed by atoms with van der Waals surface area (Å²) < 4.78 is 5.71. The fourth-order valence-corrected chi connectivity index (χ4v) is 2.71. The number of ether oxygens (including phenoxy) is 1. The molecule has 0 bridgehead atoms. The highest BCUT2D eigenvalue weighted by Gasteiger charge is 2.22. The molecule has 4 heteroatoms. The van der Waals surface area contributed by atoms with Crippen LogP contribution in [0.25, 0.3) is 0 Å². The molecule has 0 fully saturated rings. The smallest absolute Gasteiger partial charge is 0.254 e. The Morgan fingerprint density at radius 1 is 1.24 bits per heavy atom. The number of benzene rings is 2. The van der Waals surface area contributed by atoms with Crippen LogP contribution in [-0.4, -0.2) is 24.0 Å². The van der Waals surface area contributed by atoms with Crippen LogP contribution in [0.2, 0.25) is 0 Å². The molecule has 0 saturated heterocycles. The molecular weight excluding hydrogens is 282 g/mol. The quantitative estimate of drug-likeness (QED) is 0.819. The van der Waals surface area contributed by atoms with Crippen LogP contribution in [0, 0.1) is 6.92 Å². The lowest BCUT2D eigenvalue weighted by atomic mass is 10.1. The molecule has 0 spiro atoms. The normalized spacial score (nSPS) is 14.1. The molecule has 0 aromatic heterocycles. The summed E-state index contributed by atoms with van der Waals surface area (Å²) in [6.45, 7) is 3.63. The number of para-hydroxylation sites is 1. The lowest BCUT2D eigenvalue weighted by molar-refractivity contribution is 0.0732. The molecule has 2 aromatic rings. The summed E-state index contributed by atoms with van der Waals surface area (Å²) in [5.74, 6) is 0.899. The van der Waals surface area contributed by atoms with Crippen LogP contribution in [-0.2, 0) is 6.54 Å². The van der Waals surface area contributed by atoms with Gasteiger partial charge >= 0.3 is 0 Å². The highest BCUT2D eigenvalue weighted by Crippen LogP contribution is 2.24. The van der Waals surface area contributed by atoms with Crippen molar-refractivity contribution in [1.29, 1.82) is 0 Å². The maximum Gasteiger partial charge on any atom is 0.254 e. The summed E-state index contributed by atoms with van der Waals surface area (Å²) in [6, 6.07) is 13.5. The number of thiol groups is 1. The Morgan fingerprint density at radius 2 is 2.05 bits per heavy atom. The first-order chi connectivity index (χ1) is 10.1. The first kappa shape index (κ1) is 14.0. The van der Waals surface area contributed by atoms with Gasteiger partial charge in [-0.15, -0.1) is 12.6 Å². The molecule has 0 unspecified atom stereocenters. The average molecular weight is 299 g/mol. The molecule has 1 aliphatic heterocycles. The maximum absolute atomic E-state index is 12.8. The largest absolute Gasteiger partial charge is 0.491 e. The van der Waals surface area contributed by atoms with E-state index in [1.165, 1.54) is 0 Å². The van der Waals surface area contributed by atoms with Crippen molar-refractivity contribution in [3.63, 3.8) is 0 Å². The third-order valence-electron chi connectivity index (χ3n) is 3.69. The Balaban J connectivity index is 1.90. The molecule has 0 N–H and O–H groups in total. The number of carbonyl (C=O) groups is 1. The van der Waals surface area contributed by atoms with E-state index >= 15 is 0 Å². The minimum Gasteiger partial charge on any atom is -0.491 e. The van der Waals surface area contributed by atoms with Crippen molar-refractivity contribution in [2.75, 3.05) is 13.2 Å². The van der Waals surface area contributed by atoms with Gasteiger partial charge in [0, 0.05) is 22.6 Å². The summed E-state index contributed by atoms with van der Waals surface area (Å²) >= 11 is 4.33. The van der Waals surface area contributed by atoms with E-state index < -0.39 is 0 Å². The number of carbonyl (C=O) groups excluding carboxylic acids is 1. The molecule has 1 heterocycles. The van der Waals surface area contributed by atoms with E-state index in [-0.39, 0.29) is 5.91 Å². The summed E-state index contributed by atoms with van der Waals surface area (Å²) in [5, 5.41) is 0. The van der Waals surface area contributed by atoms with E-state index in [0.717, 1.165) is 21.8 Å². The monoisotopic (exact) mass is 299 g/mol. The minimum absolute atomic E-state index is 0.0312. The molecule has 0 atom stereocenters. The molecule has 0 aliphatic carbocycles. The number of hydrogen-bond acceptors (Lipinski definition) is 3. The van der Waals surface area contributed by atoms with Crippen LogP contribution in [0.5, 0.6) is 5.75 Å². The van der Waals surface area contributed by atoms with Gasteiger partial charge in [0.05, 0.1) is 6.54 Å². The SMILES string of the molecule is Cc1ccc(S)cc1C(=O)N1CCOc2ccccc2C1. The standard InChI is InChI=1S/C17H17NO2S/c1-12-6-7-14(21)10-15(12)17(19)18-8-9-20-16-5-3-2-4-13(16)11-18/h2-7,10,21H,8-9,11H2,1H3. The van der Waals surface area contributed by atoms with Gasteiger partial charge in [0.25, 0.3) is 5.91 Å². The van der Waals surface area contributed by atoms with Crippen LogP contribution >= 0.6 is 12.6 Å². The average Bonchev–Trinajstić information content (AvgIpc) is 2.71. The van der Waals surface area contributed by atoms with Crippen LogP contribution < -0.4 is 4.74 Å². The van der Waals surface area contributed by atoms with E-state index in [4.69, 9.17) is 4.74 Å². The second-order valence-electron chi connectivity index (χ2n) is 5.18. The van der Waals surface area contributed by atoms with Crippen molar-refractivity contribution in [3.05, 3.63) is 59.2 Å². The third kappa shape index (κ3) is 2.90. The van der Waals surface area contributed by atoms with Gasteiger partial charge in [-0.25, -0.2) is 0 Å². The minimum atomic E-state index is 0.0312. The van der Waals surface area contributed by atoms with Crippen LogP contribution in [0.4, 0.5) is 0 Å². The van der Waals surface area contributed by atoms with Crippen molar-refractivity contribution in [3.8, 4) is 5.75 Å². The molecule has 108 valence electrons. The Labute approximate surface area is 129 Å². The maximum atomic E-state index is 12.8. The van der Waals surface area contributed by atoms with E-state index in [2.05, 4.69) is 12.6 Å². The lowest BCUT2D eigenvalue weighted by Gasteiger charge is -2.21. The van der Waals surface area contributed by atoms with Gasteiger partial charge in [0.1, 0.15) is 12.4 Å². The molecule has 1 amide bonds. The lowest BCUT2D eigenvalue weighted by Crippen LogP contribution is -2.32. The highest BCUT2D eigenvalue weighted by molar-refractivity contribution is 7.80. The summed E-state index contributed by atoms with van der Waals surface area (Å²) in [4.78, 5) is 15.4. The third-order valence-corrected chi connectivity index (χ3v) is 3.97. The molecule has 3 rings (SSSR count). The van der Waals surface area contributed by atoms with Crippen LogP contribution in [0.3, 0.4) is 0 Å². The number of fused-ring (bicyclic) bond motifs is 1. The fourth-order valence-electron chi connectivity index (χ4n) is 2.51. The fraction of sp³-hybridized carbons (Fsp3) is 0.235. The number of rotatable bonds is 1. The van der Waals surface area contributed by atoms with Gasteiger partial charge in [0.15, 0.2) is 0 Å². The molecule has 1 aliphatic rings. The van der Waals surface area contributed by atoms with Gasteiger partial charge in [0.2, 0.25) is 0 Å². The molecule has 0 radical (unpaired) electrons. The molecule has 0 saturated carbocycles. The summed E-state index contributed by atoms with van der Waals surface area (Å²) in [5.41, 5.74) is 2.72. The molecule has 21 heavy (non-hydrogen) atoms.